The zero-order valence-electron chi connectivity index (χ0n) is 92.0. The Kier molecular flexibility index (Phi) is 18.3. The van der Waals surface area contributed by atoms with E-state index in [9.17, 15) is 16.4 Å². The SMILES string of the molecule is [2H]c1c([2H])c([2H])c2c(c1[2H])c1cc(C(C)(C)C)ccc1n2-c1ccc2c(c1)N(c1c(-c3cccc(CC(C)(C)C)c3)cc(C([2H])([2H])C(C)(C)C)cc1-c1cccc(CC(C)(C)C)c1)c1cc(CC(C)(C)C)cc3c1B2c1ccc(-n2c4ccc(C(C)(C)C)cc4c4c([2H])c([2H])c([2H])c([2H])c42)cc1N3c1c(-c2cccc(CC(C)(C)C)c2)cc(C([2H])([2H])C(C)(C)C)cc1-c1cccc(CC(C)(C)C)c1. The molecule has 0 aliphatic carbocycles. The molecule has 644 valence electrons. The van der Waals surface area contributed by atoms with Crippen LogP contribution in [0.15, 0.2) is 255 Å². The van der Waals surface area contributed by atoms with Crippen LogP contribution < -0.4 is 26.2 Å². The van der Waals surface area contributed by atoms with E-state index in [-0.39, 0.29) is 86.2 Å². The van der Waals surface area contributed by atoms with Gasteiger partial charge < -0.3 is 18.9 Å². The Morgan fingerprint density at radius 2 is 0.579 bits per heavy atom. The van der Waals surface area contributed by atoms with Crippen LogP contribution in [0, 0.1) is 37.9 Å². The molecule has 5 heteroatoms. The second-order valence-electron chi connectivity index (χ2n) is 46.8. The second-order valence-corrected chi connectivity index (χ2v) is 46.8. The summed E-state index contributed by atoms with van der Waals surface area (Å²) in [4.78, 5) is 5.00. The maximum Gasteiger partial charge on any atom is 0.252 e. The Morgan fingerprint density at radius 3 is 0.881 bits per heavy atom. The lowest BCUT2D eigenvalue weighted by Crippen LogP contribution is -2.61. The van der Waals surface area contributed by atoms with Crippen LogP contribution in [0.25, 0.3) is 99.5 Å². The fourth-order valence-corrected chi connectivity index (χ4v) is 19.9. The summed E-state index contributed by atoms with van der Waals surface area (Å²) in [5.41, 5.74) is 22.5. The molecule has 126 heavy (non-hydrogen) atoms. The van der Waals surface area contributed by atoms with Gasteiger partial charge in [0.2, 0.25) is 0 Å². The third-order valence-corrected chi connectivity index (χ3v) is 24.5. The largest absolute Gasteiger partial charge is 0.310 e. The van der Waals surface area contributed by atoms with Gasteiger partial charge in [-0.25, -0.2) is 0 Å². The molecule has 0 saturated carbocycles. The molecule has 0 unspecified atom stereocenters. The lowest BCUT2D eigenvalue weighted by atomic mass is 9.33. The van der Waals surface area contributed by atoms with Gasteiger partial charge >= 0.3 is 0 Å². The summed E-state index contributed by atoms with van der Waals surface area (Å²) < 4.78 is 126. The van der Waals surface area contributed by atoms with Crippen molar-refractivity contribution in [3.05, 3.63) is 305 Å². The van der Waals surface area contributed by atoms with Gasteiger partial charge in [0.1, 0.15) is 0 Å². The van der Waals surface area contributed by atoms with Gasteiger partial charge in [0.15, 0.2) is 0 Å². The lowest BCUT2D eigenvalue weighted by molar-refractivity contribution is 0.410. The van der Waals surface area contributed by atoms with Crippen LogP contribution in [0.2, 0.25) is 0 Å². The molecular weight excluding hydrogens is 1520 g/mol. The average Bonchev–Trinajstić information content (AvgIpc) is 0.960. The Morgan fingerprint density at radius 1 is 0.270 bits per heavy atom. The van der Waals surface area contributed by atoms with E-state index < -0.39 is 30.3 Å². The van der Waals surface area contributed by atoms with Gasteiger partial charge in [-0.05, 0) is 279 Å². The van der Waals surface area contributed by atoms with Crippen molar-refractivity contribution in [3.8, 4) is 55.9 Å². The molecule has 0 atom stereocenters. The van der Waals surface area contributed by atoms with E-state index in [4.69, 9.17) is 0 Å². The predicted octanol–water partition coefficient (Wildman–Crippen LogP) is 32.3. The molecule has 13 aromatic carbocycles. The number of rotatable bonds is 15. The smallest absolute Gasteiger partial charge is 0.252 e. The quantitative estimate of drug-likeness (QED) is 0.0951. The number of hydrogen-bond acceptors (Lipinski definition) is 2. The first-order chi connectivity index (χ1) is 63.9. The van der Waals surface area contributed by atoms with Crippen LogP contribution in [0.5, 0.6) is 0 Å². The van der Waals surface area contributed by atoms with E-state index >= 15 is 0 Å². The van der Waals surface area contributed by atoms with Crippen molar-refractivity contribution in [1.82, 2.24) is 9.13 Å². The van der Waals surface area contributed by atoms with Crippen molar-refractivity contribution in [2.24, 2.45) is 37.9 Å². The molecule has 0 bridgehead atoms. The van der Waals surface area contributed by atoms with Crippen molar-refractivity contribution in [2.45, 2.75) is 243 Å². The molecule has 15 aromatic rings. The molecule has 4 nitrogen and oxygen atoms in total. The third-order valence-electron chi connectivity index (χ3n) is 24.5. The summed E-state index contributed by atoms with van der Waals surface area (Å²) in [6.45, 7) is 58.2. The minimum Gasteiger partial charge on any atom is -0.310 e. The molecule has 0 spiro atoms. The molecule has 2 aliphatic heterocycles. The summed E-state index contributed by atoms with van der Waals surface area (Å²) in [6.07, 6.45) is -0.373. The highest BCUT2D eigenvalue weighted by Gasteiger charge is 2.47. The monoisotopic (exact) mass is 1670 g/mol. The normalized spacial score (nSPS) is 15.3. The lowest BCUT2D eigenvalue weighted by Gasteiger charge is -2.46. The number of para-hydroxylation sites is 2. The molecular formula is C121H137BN4. The summed E-state index contributed by atoms with van der Waals surface area (Å²) in [5.74, 6) is 0. The fraction of sp³-hybridized carbons (Fsp3) is 0.355. The number of hydrogen-bond donors (Lipinski definition) is 0. The van der Waals surface area contributed by atoms with Crippen LogP contribution >= 0.6 is 0 Å². The highest BCUT2D eigenvalue weighted by atomic mass is 15.2. The maximum absolute atomic E-state index is 10.7. The Balaban J connectivity index is 1.14. The Labute approximate surface area is 772 Å². The van der Waals surface area contributed by atoms with E-state index in [1.807, 2.05) is 41.5 Å². The molecule has 4 heterocycles. The molecule has 0 radical (unpaired) electrons. The highest BCUT2D eigenvalue weighted by molar-refractivity contribution is 7.00. The molecule has 17 rings (SSSR count). The van der Waals surface area contributed by atoms with Crippen molar-refractivity contribution in [1.29, 1.82) is 0 Å². The predicted molar refractivity (Wildman–Crippen MR) is 550 cm³/mol. The summed E-state index contributed by atoms with van der Waals surface area (Å²) in [6, 6.07) is 72.8. The molecule has 2 aromatic heterocycles. The van der Waals surface area contributed by atoms with E-state index in [0.29, 0.717) is 72.5 Å². The summed E-state index contributed by atoms with van der Waals surface area (Å²) >= 11 is 0. The van der Waals surface area contributed by atoms with Crippen LogP contribution in [0.3, 0.4) is 0 Å². The topological polar surface area (TPSA) is 16.3 Å². The zero-order chi connectivity index (χ0) is 100. The summed E-state index contributed by atoms with van der Waals surface area (Å²) in [7, 11) is 0. The van der Waals surface area contributed by atoms with Crippen molar-refractivity contribution >= 4 is 101 Å². The number of aromatic nitrogens is 2. The number of fused-ring (bicyclic) bond motifs is 10. The zero-order valence-corrected chi connectivity index (χ0v) is 80.0. The molecule has 0 fully saturated rings. The van der Waals surface area contributed by atoms with Crippen LogP contribution in [-0.2, 0) is 55.7 Å². The van der Waals surface area contributed by atoms with Gasteiger partial charge in [0, 0.05) is 83.4 Å². The van der Waals surface area contributed by atoms with E-state index in [1.165, 1.54) is 0 Å². The first kappa shape index (κ1) is 73.2. The third kappa shape index (κ3) is 17.9. The van der Waals surface area contributed by atoms with Gasteiger partial charge in [-0.15, -0.1) is 0 Å². The van der Waals surface area contributed by atoms with E-state index in [1.54, 1.807) is 0 Å². The van der Waals surface area contributed by atoms with E-state index in [2.05, 4.69) is 371 Å². The fourth-order valence-electron chi connectivity index (χ4n) is 19.9. The van der Waals surface area contributed by atoms with E-state index in [0.717, 1.165) is 160 Å². The standard InChI is InChI=1S/C121H137BN4/c1-113(2,3)70-77-36-32-40-84(56-77)94-60-81(74-117(13,14)15)61-95(85-41-33-37-78(57-85)71-114(4,5)6)111(94)125-106-68-90(123-102-46-30-28-44-92(102)98-66-88(120(22,23)24)48-54-104(98)123)50-52-100(106)122-101-53-51-91(124-103-47-31-29-45-93(103)99-67-89(121(25,26)27)49-55-105(99)124)69-107(101)126(109-65-83(76-119(19,20)21)64-108(125)110(109)122)112-96(86-42-34-38-79(58-86)72-115(7,8)9)62-82(75-118(16,17)18)63-97(112)87-43-35-39-80(59-87)73-116(10,11)12/h28-69H,70-76H2,1-27H3/i28D,29D,30D,31D,44D,45D,46D,47D,74D2,75D2. The first-order valence-electron chi connectivity index (χ1n) is 51.8. The van der Waals surface area contributed by atoms with Crippen molar-refractivity contribution < 1.29 is 16.4 Å². The summed E-state index contributed by atoms with van der Waals surface area (Å²) in [5, 5.41) is 2.19. The number of nitrogens with zero attached hydrogens (tertiary/aromatic N) is 4. The number of benzene rings is 13. The minimum absolute atomic E-state index is 0.136. The first-order valence-corrected chi connectivity index (χ1v) is 45.8. The van der Waals surface area contributed by atoms with Gasteiger partial charge in [-0.3, -0.25) is 0 Å². The minimum atomic E-state index is -1.94. The average molecular weight is 1670 g/mol. The molecule has 0 saturated heterocycles. The second kappa shape index (κ2) is 31.6. The highest BCUT2D eigenvalue weighted by Crippen LogP contribution is 2.56. The van der Waals surface area contributed by atoms with Crippen molar-refractivity contribution in [3.63, 3.8) is 0 Å². The van der Waals surface area contributed by atoms with Gasteiger partial charge in [0.25, 0.3) is 6.71 Å². The maximum atomic E-state index is 10.7. The van der Waals surface area contributed by atoms with Crippen molar-refractivity contribution in [2.75, 3.05) is 9.80 Å². The Hall–Kier alpha value is -10.9. The number of anilines is 6. The molecule has 0 amide bonds. The molecule has 2 aliphatic rings. The molecule has 0 N–H and O–H groups in total. The van der Waals surface area contributed by atoms with Gasteiger partial charge in [-0.2, -0.15) is 0 Å². The van der Waals surface area contributed by atoms with Crippen LogP contribution in [0.4, 0.5) is 34.1 Å². The van der Waals surface area contributed by atoms with Crippen LogP contribution in [0.1, 0.15) is 253 Å². The van der Waals surface area contributed by atoms with Crippen LogP contribution in [-0.4, -0.2) is 15.8 Å². The van der Waals surface area contributed by atoms with Gasteiger partial charge in [-0.1, -0.05) is 345 Å². The van der Waals surface area contributed by atoms with Gasteiger partial charge in [0.05, 0.1) is 44.4 Å². The Bertz CT molecular complexity index is 6890.